The van der Waals surface area contributed by atoms with E-state index in [1.54, 1.807) is 18.7 Å². The van der Waals surface area contributed by atoms with E-state index in [1.807, 2.05) is 17.7 Å². The minimum atomic E-state index is -0.863. The second-order valence-corrected chi connectivity index (χ2v) is 4.40. The van der Waals surface area contributed by atoms with Gasteiger partial charge in [-0.2, -0.15) is 0 Å². The molecule has 0 spiro atoms. The topological polar surface area (TPSA) is 80.3 Å². The van der Waals surface area contributed by atoms with Crippen molar-refractivity contribution in [1.82, 2.24) is 14.9 Å². The molecular weight excluding hydrogens is 234 g/mol. The molecule has 3 heterocycles. The largest absolute Gasteiger partial charge is 0.480 e. The number of aliphatic carboxylic acids is 1. The number of nitrogens with one attached hydrogen (secondary N) is 1. The van der Waals surface area contributed by atoms with Crippen molar-refractivity contribution >= 4 is 5.97 Å². The molecule has 0 aliphatic carbocycles. The van der Waals surface area contributed by atoms with Crippen molar-refractivity contribution < 1.29 is 14.3 Å². The van der Waals surface area contributed by atoms with Crippen LogP contribution in [0.15, 0.2) is 29.1 Å². The van der Waals surface area contributed by atoms with Crippen LogP contribution >= 0.6 is 0 Å². The van der Waals surface area contributed by atoms with E-state index >= 15 is 0 Å². The van der Waals surface area contributed by atoms with Gasteiger partial charge in [-0.25, -0.2) is 4.98 Å². The zero-order valence-corrected chi connectivity index (χ0v) is 9.83. The molecular formula is C12H13N3O3. The summed E-state index contributed by atoms with van der Waals surface area (Å²) in [6.07, 6.45) is 3.70. The molecule has 0 bridgehead atoms. The summed E-state index contributed by atoms with van der Waals surface area (Å²) in [5, 5.41) is 12.2. The second-order valence-electron chi connectivity index (χ2n) is 4.40. The lowest BCUT2D eigenvalue weighted by Crippen LogP contribution is -2.45. The number of carbonyl (C=O) groups is 1. The molecule has 2 N–H and O–H groups in total. The number of hydrogen-bond donors (Lipinski definition) is 2. The Morgan fingerprint density at radius 3 is 3.17 bits per heavy atom. The zero-order chi connectivity index (χ0) is 12.7. The van der Waals surface area contributed by atoms with Crippen LogP contribution in [-0.4, -0.2) is 26.7 Å². The summed E-state index contributed by atoms with van der Waals surface area (Å²) in [5.74, 6) is -0.181. The molecule has 2 aromatic rings. The molecule has 1 aliphatic heterocycles. The van der Waals surface area contributed by atoms with Crippen LogP contribution in [-0.2, 0) is 18.3 Å². The van der Waals surface area contributed by atoms with Crippen LogP contribution in [0.25, 0.3) is 0 Å². The van der Waals surface area contributed by atoms with E-state index in [-0.39, 0.29) is 6.04 Å². The lowest BCUT2D eigenvalue weighted by Gasteiger charge is -2.27. The quantitative estimate of drug-likeness (QED) is 0.816. The number of aryl methyl sites for hydroxylation is 1. The fraction of sp³-hybridized carbons (Fsp3) is 0.333. The molecule has 0 fully saturated rings. The Kier molecular flexibility index (Phi) is 2.45. The Balaban J connectivity index is 2.06. The lowest BCUT2D eigenvalue weighted by molar-refractivity contribution is -0.139. The molecule has 94 valence electrons. The summed E-state index contributed by atoms with van der Waals surface area (Å²) >= 11 is 0. The van der Waals surface area contributed by atoms with Crippen LogP contribution in [0.3, 0.4) is 0 Å². The minimum Gasteiger partial charge on any atom is -0.480 e. The van der Waals surface area contributed by atoms with Crippen molar-refractivity contribution in [3.05, 3.63) is 41.9 Å². The third-order valence-corrected chi connectivity index (χ3v) is 3.26. The summed E-state index contributed by atoms with van der Waals surface area (Å²) in [4.78, 5) is 15.5. The van der Waals surface area contributed by atoms with Gasteiger partial charge in [-0.15, -0.1) is 0 Å². The Labute approximate surface area is 103 Å². The lowest BCUT2D eigenvalue weighted by atomic mass is 9.97. The number of nitrogens with zero attached hydrogens (tertiary/aromatic N) is 2. The maximum absolute atomic E-state index is 11.2. The van der Waals surface area contributed by atoms with E-state index in [1.165, 1.54) is 0 Å². The molecule has 6 heteroatoms. The van der Waals surface area contributed by atoms with Gasteiger partial charge >= 0.3 is 5.97 Å². The number of rotatable bonds is 2. The third kappa shape index (κ3) is 1.62. The summed E-state index contributed by atoms with van der Waals surface area (Å²) in [5.41, 5.74) is 1.77. The normalized spacial score (nSPS) is 22.7. The predicted octanol–water partition coefficient (Wildman–Crippen LogP) is 0.701. The Hall–Kier alpha value is -2.08. The van der Waals surface area contributed by atoms with Crippen LogP contribution in [0.4, 0.5) is 0 Å². The fourth-order valence-corrected chi connectivity index (χ4v) is 2.33. The van der Waals surface area contributed by atoms with Gasteiger partial charge in [0.2, 0.25) is 0 Å². The molecule has 2 atom stereocenters. The van der Waals surface area contributed by atoms with Gasteiger partial charge in [-0.3, -0.25) is 10.1 Å². The van der Waals surface area contributed by atoms with E-state index in [2.05, 4.69) is 10.3 Å². The van der Waals surface area contributed by atoms with Crippen LogP contribution in [0.1, 0.15) is 23.2 Å². The average Bonchev–Trinajstić information content (AvgIpc) is 2.98. The number of imidazole rings is 1. The number of fused-ring (bicyclic) bond motifs is 1. The van der Waals surface area contributed by atoms with Gasteiger partial charge in [0.25, 0.3) is 0 Å². The first kappa shape index (κ1) is 11.0. The third-order valence-electron chi connectivity index (χ3n) is 3.26. The van der Waals surface area contributed by atoms with Gasteiger partial charge in [-0.05, 0) is 12.1 Å². The second kappa shape index (κ2) is 3.99. The van der Waals surface area contributed by atoms with Crippen molar-refractivity contribution in [3.8, 4) is 0 Å². The molecule has 18 heavy (non-hydrogen) atoms. The first-order valence-electron chi connectivity index (χ1n) is 5.69. The number of hydrogen-bond acceptors (Lipinski definition) is 4. The number of aromatic nitrogens is 2. The predicted molar refractivity (Wildman–Crippen MR) is 62.0 cm³/mol. The smallest absolute Gasteiger partial charge is 0.321 e. The van der Waals surface area contributed by atoms with Crippen LogP contribution in [0.2, 0.25) is 0 Å². The number of carboxylic acids is 1. The summed E-state index contributed by atoms with van der Waals surface area (Å²) in [7, 11) is 1.87. The monoisotopic (exact) mass is 247 g/mol. The van der Waals surface area contributed by atoms with Crippen molar-refractivity contribution in [1.29, 1.82) is 0 Å². The maximum Gasteiger partial charge on any atom is 0.321 e. The minimum absolute atomic E-state index is 0.300. The van der Waals surface area contributed by atoms with E-state index in [0.29, 0.717) is 12.2 Å². The van der Waals surface area contributed by atoms with Crippen LogP contribution in [0.5, 0.6) is 0 Å². The first-order chi connectivity index (χ1) is 8.66. The Morgan fingerprint density at radius 2 is 2.50 bits per heavy atom. The van der Waals surface area contributed by atoms with Crippen molar-refractivity contribution in [3.63, 3.8) is 0 Å². The summed E-state index contributed by atoms with van der Waals surface area (Å²) < 4.78 is 7.23. The molecule has 1 aliphatic rings. The highest BCUT2D eigenvalue weighted by Crippen LogP contribution is 2.29. The highest BCUT2D eigenvalue weighted by molar-refractivity contribution is 5.74. The Morgan fingerprint density at radius 1 is 1.67 bits per heavy atom. The van der Waals surface area contributed by atoms with Crippen LogP contribution < -0.4 is 5.32 Å². The molecule has 0 radical (unpaired) electrons. The molecule has 2 aromatic heterocycles. The first-order valence-corrected chi connectivity index (χ1v) is 5.69. The van der Waals surface area contributed by atoms with Crippen molar-refractivity contribution in [2.45, 2.75) is 18.5 Å². The molecule has 0 amide bonds. The van der Waals surface area contributed by atoms with E-state index in [0.717, 1.165) is 11.4 Å². The highest BCUT2D eigenvalue weighted by atomic mass is 16.4. The highest BCUT2D eigenvalue weighted by Gasteiger charge is 2.35. The standard InChI is InChI=1S/C12H13N3O3/c1-15-6-13-10-8(15)5-7(12(16)17)14-11(10)9-3-2-4-18-9/h2-4,6-7,11,14H,5H2,1H3,(H,16,17). The SMILES string of the molecule is Cn1cnc2c1CC(C(=O)O)NC2c1ccco1. The number of furan rings is 1. The van der Waals surface area contributed by atoms with Gasteiger partial charge in [0.15, 0.2) is 0 Å². The zero-order valence-electron chi connectivity index (χ0n) is 9.83. The van der Waals surface area contributed by atoms with E-state index < -0.39 is 12.0 Å². The van der Waals surface area contributed by atoms with Crippen molar-refractivity contribution in [2.75, 3.05) is 0 Å². The van der Waals surface area contributed by atoms with Gasteiger partial charge in [0.05, 0.1) is 18.3 Å². The Bertz CT molecular complexity index is 573. The molecule has 6 nitrogen and oxygen atoms in total. The van der Waals surface area contributed by atoms with Gasteiger partial charge in [-0.1, -0.05) is 0 Å². The average molecular weight is 247 g/mol. The van der Waals surface area contributed by atoms with Gasteiger partial charge in [0.1, 0.15) is 17.8 Å². The maximum atomic E-state index is 11.2. The molecule has 0 saturated heterocycles. The van der Waals surface area contributed by atoms with E-state index in [9.17, 15) is 9.90 Å². The van der Waals surface area contributed by atoms with Crippen molar-refractivity contribution in [2.24, 2.45) is 7.05 Å². The molecule has 0 aromatic carbocycles. The molecule has 3 rings (SSSR count). The summed E-state index contributed by atoms with van der Waals surface area (Å²) in [6, 6.07) is 2.68. The van der Waals surface area contributed by atoms with Crippen LogP contribution in [0, 0.1) is 0 Å². The molecule has 0 saturated carbocycles. The number of carboxylic acid groups (broad SMARTS) is 1. The van der Waals surface area contributed by atoms with E-state index in [4.69, 9.17) is 4.42 Å². The fourth-order valence-electron chi connectivity index (χ4n) is 2.33. The van der Waals surface area contributed by atoms with Gasteiger partial charge in [0, 0.05) is 19.2 Å². The molecule has 2 unspecified atom stereocenters. The summed E-state index contributed by atoms with van der Waals surface area (Å²) in [6.45, 7) is 0. The van der Waals surface area contributed by atoms with Gasteiger partial charge < -0.3 is 14.1 Å².